The van der Waals surface area contributed by atoms with E-state index in [-0.39, 0.29) is 5.91 Å². The molecule has 26 heavy (non-hydrogen) atoms. The number of nitrogens with zero attached hydrogens (tertiary/aromatic N) is 1. The van der Waals surface area contributed by atoms with E-state index in [0.717, 1.165) is 44.5 Å². The Hall–Kier alpha value is -1.63. The lowest BCUT2D eigenvalue weighted by Gasteiger charge is -2.10. The van der Waals surface area contributed by atoms with Crippen molar-refractivity contribution in [3.8, 4) is 5.75 Å². The molecule has 0 fully saturated rings. The number of benzene rings is 2. The Labute approximate surface area is 170 Å². The minimum Gasteiger partial charge on any atom is -0.494 e. The molecule has 0 saturated carbocycles. The van der Waals surface area contributed by atoms with E-state index >= 15 is 0 Å². The predicted octanol–water partition coefficient (Wildman–Crippen LogP) is 5.03. The highest BCUT2D eigenvalue weighted by Crippen LogP contribution is 2.40. The maximum Gasteiger partial charge on any atom is 0.256 e. The summed E-state index contributed by atoms with van der Waals surface area (Å²) >= 11 is 6.98. The summed E-state index contributed by atoms with van der Waals surface area (Å²) in [5.41, 5.74) is 3.31. The Bertz CT molecular complexity index is 846. The molecule has 0 unspecified atom stereocenters. The standard InChI is InChI=1S/C20H20Br2N2O2/c1-24(2)8-3-9-26-15-6-4-13(5-7-15)10-17-16-11-14(21)12-18(22)19(16)23-20(17)25/h4-7,10-12H,3,8-9H2,1-2H3,(H,23,25). The second-order valence-corrected chi connectivity index (χ2v) is 8.17. The van der Waals surface area contributed by atoms with Crippen molar-refractivity contribution in [3.63, 3.8) is 0 Å². The lowest BCUT2D eigenvalue weighted by molar-refractivity contribution is -0.110. The van der Waals surface area contributed by atoms with Crippen LogP contribution in [0.15, 0.2) is 45.3 Å². The number of carbonyl (C=O) groups excluding carboxylic acids is 1. The highest BCUT2D eigenvalue weighted by molar-refractivity contribution is 9.11. The number of ether oxygens (including phenoxy) is 1. The van der Waals surface area contributed by atoms with Crippen LogP contribution in [-0.4, -0.2) is 38.1 Å². The number of fused-ring (bicyclic) bond motifs is 1. The highest BCUT2D eigenvalue weighted by Gasteiger charge is 2.26. The Morgan fingerprint density at radius 3 is 2.58 bits per heavy atom. The van der Waals surface area contributed by atoms with Gasteiger partial charge in [-0.25, -0.2) is 0 Å². The van der Waals surface area contributed by atoms with Crippen LogP contribution in [0.5, 0.6) is 5.75 Å². The quantitative estimate of drug-likeness (QED) is 0.466. The summed E-state index contributed by atoms with van der Waals surface area (Å²) in [6, 6.07) is 11.7. The number of hydrogen-bond donors (Lipinski definition) is 1. The zero-order valence-corrected chi connectivity index (χ0v) is 17.9. The topological polar surface area (TPSA) is 41.6 Å². The van der Waals surface area contributed by atoms with Crippen molar-refractivity contribution >= 4 is 55.1 Å². The van der Waals surface area contributed by atoms with Crippen LogP contribution in [0, 0.1) is 0 Å². The molecule has 3 rings (SSSR count). The van der Waals surface area contributed by atoms with Gasteiger partial charge in [0.05, 0.1) is 12.3 Å². The molecule has 1 N–H and O–H groups in total. The van der Waals surface area contributed by atoms with Crippen LogP contribution in [0.1, 0.15) is 17.5 Å². The van der Waals surface area contributed by atoms with Gasteiger partial charge in [0.1, 0.15) is 5.75 Å². The van der Waals surface area contributed by atoms with Crippen LogP contribution in [0.4, 0.5) is 5.69 Å². The van der Waals surface area contributed by atoms with Gasteiger partial charge < -0.3 is 15.0 Å². The van der Waals surface area contributed by atoms with Crippen molar-refractivity contribution in [2.45, 2.75) is 6.42 Å². The molecule has 0 aliphatic carbocycles. The van der Waals surface area contributed by atoms with E-state index in [2.05, 4.69) is 56.2 Å². The van der Waals surface area contributed by atoms with Crippen LogP contribution >= 0.6 is 31.9 Å². The van der Waals surface area contributed by atoms with Crippen molar-refractivity contribution in [1.29, 1.82) is 0 Å². The van der Waals surface area contributed by atoms with Gasteiger partial charge in [0.15, 0.2) is 0 Å². The van der Waals surface area contributed by atoms with Crippen molar-refractivity contribution < 1.29 is 9.53 Å². The highest BCUT2D eigenvalue weighted by atomic mass is 79.9. The minimum absolute atomic E-state index is 0.0946. The molecule has 0 bridgehead atoms. The maximum absolute atomic E-state index is 12.4. The largest absolute Gasteiger partial charge is 0.494 e. The molecule has 4 nitrogen and oxygen atoms in total. The fourth-order valence-corrected chi connectivity index (χ4v) is 4.08. The van der Waals surface area contributed by atoms with Crippen LogP contribution in [0.3, 0.4) is 0 Å². The fourth-order valence-electron chi connectivity index (χ4n) is 2.76. The third-order valence-corrected chi connectivity index (χ3v) is 5.12. The fraction of sp³-hybridized carbons (Fsp3) is 0.250. The second-order valence-electron chi connectivity index (χ2n) is 6.40. The van der Waals surface area contributed by atoms with Gasteiger partial charge in [0.2, 0.25) is 0 Å². The third-order valence-electron chi connectivity index (χ3n) is 4.04. The van der Waals surface area contributed by atoms with Crippen molar-refractivity contribution in [1.82, 2.24) is 4.90 Å². The van der Waals surface area contributed by atoms with Gasteiger partial charge >= 0.3 is 0 Å². The molecule has 0 radical (unpaired) electrons. The van der Waals surface area contributed by atoms with Gasteiger partial charge in [-0.15, -0.1) is 0 Å². The second kappa shape index (κ2) is 8.37. The van der Waals surface area contributed by atoms with Crippen LogP contribution < -0.4 is 10.1 Å². The first-order valence-electron chi connectivity index (χ1n) is 8.34. The number of nitrogens with one attached hydrogen (secondary N) is 1. The van der Waals surface area contributed by atoms with E-state index < -0.39 is 0 Å². The molecule has 0 saturated heterocycles. The van der Waals surface area contributed by atoms with Crippen LogP contribution in [-0.2, 0) is 4.79 Å². The van der Waals surface area contributed by atoms with Crippen molar-refractivity contribution in [3.05, 3.63) is 56.5 Å². The maximum atomic E-state index is 12.4. The molecule has 6 heteroatoms. The summed E-state index contributed by atoms with van der Waals surface area (Å²) in [6.07, 6.45) is 2.88. The molecule has 1 heterocycles. The number of anilines is 1. The summed E-state index contributed by atoms with van der Waals surface area (Å²) in [7, 11) is 4.10. The molecule has 2 aromatic rings. The summed E-state index contributed by atoms with van der Waals surface area (Å²) in [5, 5.41) is 2.91. The van der Waals surface area contributed by atoms with Gasteiger partial charge in [0, 0.05) is 26.6 Å². The number of carbonyl (C=O) groups is 1. The third kappa shape index (κ3) is 4.55. The molecule has 1 aliphatic rings. The molecule has 2 aromatic carbocycles. The molecule has 1 aliphatic heterocycles. The summed E-state index contributed by atoms with van der Waals surface area (Å²) in [6.45, 7) is 1.69. The van der Waals surface area contributed by atoms with Gasteiger partial charge in [-0.2, -0.15) is 0 Å². The number of halogens is 2. The van der Waals surface area contributed by atoms with E-state index in [0.29, 0.717) is 12.2 Å². The van der Waals surface area contributed by atoms with Crippen LogP contribution in [0.25, 0.3) is 11.6 Å². The average molecular weight is 480 g/mol. The Balaban J connectivity index is 1.74. The first-order valence-corrected chi connectivity index (χ1v) is 9.92. The van der Waals surface area contributed by atoms with Gasteiger partial charge in [-0.1, -0.05) is 28.1 Å². The van der Waals surface area contributed by atoms with E-state index in [1.807, 2.05) is 42.5 Å². The summed E-state index contributed by atoms with van der Waals surface area (Å²) < 4.78 is 7.54. The van der Waals surface area contributed by atoms with Crippen molar-refractivity contribution in [2.24, 2.45) is 0 Å². The molecule has 136 valence electrons. The molecule has 0 spiro atoms. The van der Waals surface area contributed by atoms with E-state index in [1.165, 1.54) is 0 Å². The first kappa shape index (κ1) is 19.1. The zero-order valence-electron chi connectivity index (χ0n) is 14.7. The molecule has 0 atom stereocenters. The van der Waals surface area contributed by atoms with Gasteiger partial charge in [-0.3, -0.25) is 4.79 Å². The Kier molecular flexibility index (Phi) is 6.16. The Morgan fingerprint density at radius 1 is 1.15 bits per heavy atom. The van der Waals surface area contributed by atoms with E-state index in [4.69, 9.17) is 4.74 Å². The van der Waals surface area contributed by atoms with Crippen molar-refractivity contribution in [2.75, 3.05) is 32.6 Å². The molecular weight excluding hydrogens is 460 g/mol. The smallest absolute Gasteiger partial charge is 0.256 e. The number of amides is 1. The lowest BCUT2D eigenvalue weighted by atomic mass is 10.0. The number of hydrogen-bond acceptors (Lipinski definition) is 3. The first-order chi connectivity index (χ1) is 12.4. The van der Waals surface area contributed by atoms with Crippen LogP contribution in [0.2, 0.25) is 0 Å². The minimum atomic E-state index is -0.0946. The van der Waals surface area contributed by atoms with Gasteiger partial charge in [-0.05, 0) is 72.4 Å². The average Bonchev–Trinajstić information content (AvgIpc) is 2.89. The number of rotatable bonds is 6. The summed E-state index contributed by atoms with van der Waals surface area (Å²) in [4.78, 5) is 14.5. The monoisotopic (exact) mass is 478 g/mol. The molecule has 1 amide bonds. The molecular formula is C20H20Br2N2O2. The lowest BCUT2D eigenvalue weighted by Crippen LogP contribution is -2.15. The zero-order chi connectivity index (χ0) is 18.7. The van der Waals surface area contributed by atoms with Gasteiger partial charge in [0.25, 0.3) is 5.91 Å². The van der Waals surface area contributed by atoms with E-state index in [9.17, 15) is 4.79 Å². The Morgan fingerprint density at radius 2 is 1.88 bits per heavy atom. The predicted molar refractivity (Wildman–Crippen MR) is 113 cm³/mol. The normalized spacial score (nSPS) is 14.7. The summed E-state index contributed by atoms with van der Waals surface area (Å²) in [5.74, 6) is 0.746. The molecule has 0 aromatic heterocycles. The van der Waals surface area contributed by atoms with E-state index in [1.54, 1.807) is 0 Å². The SMILES string of the molecule is CN(C)CCCOc1ccc(C=C2C(=O)Nc3c(Br)cc(Br)cc32)cc1.